The van der Waals surface area contributed by atoms with Crippen LogP contribution >= 0.6 is 0 Å². The second-order valence-corrected chi connectivity index (χ2v) is 5.44. The molecule has 0 spiro atoms. The van der Waals surface area contributed by atoms with Crippen molar-refractivity contribution in [1.29, 1.82) is 0 Å². The molecule has 2 rings (SSSR count). The van der Waals surface area contributed by atoms with Crippen LogP contribution in [0.2, 0.25) is 0 Å². The molecule has 1 aromatic carbocycles. The average molecular weight is 279 g/mol. The van der Waals surface area contributed by atoms with Gasteiger partial charge in [0.15, 0.2) is 0 Å². The molecule has 0 bridgehead atoms. The molecule has 2 atom stereocenters. The molecule has 4 heteroatoms. The van der Waals surface area contributed by atoms with Crippen LogP contribution in [0.4, 0.5) is 10.1 Å². The largest absolute Gasteiger partial charge is 0.466 e. The highest BCUT2D eigenvalue weighted by atomic mass is 19.1. The fourth-order valence-electron chi connectivity index (χ4n) is 3.10. The van der Waals surface area contributed by atoms with E-state index in [2.05, 4.69) is 0 Å². The Bertz CT molecular complexity index is 476. The van der Waals surface area contributed by atoms with E-state index in [1.54, 1.807) is 6.07 Å². The van der Waals surface area contributed by atoms with E-state index in [-0.39, 0.29) is 29.3 Å². The van der Waals surface area contributed by atoms with E-state index in [0.29, 0.717) is 13.0 Å². The van der Waals surface area contributed by atoms with Gasteiger partial charge in [0.25, 0.3) is 0 Å². The van der Waals surface area contributed by atoms with Gasteiger partial charge in [0.05, 0.1) is 12.3 Å². The van der Waals surface area contributed by atoms with Gasteiger partial charge in [-0.3, -0.25) is 4.79 Å². The van der Waals surface area contributed by atoms with Crippen LogP contribution in [0, 0.1) is 11.7 Å². The van der Waals surface area contributed by atoms with Crippen molar-refractivity contribution in [1.82, 2.24) is 0 Å². The number of rotatable bonds is 4. The predicted octanol–water partition coefficient (Wildman–Crippen LogP) is 3.63. The number of nitrogens with two attached hydrogens (primary N) is 1. The van der Waals surface area contributed by atoms with Gasteiger partial charge in [0.1, 0.15) is 5.82 Å². The van der Waals surface area contributed by atoms with Crippen LogP contribution in [-0.2, 0) is 9.53 Å². The van der Waals surface area contributed by atoms with Crippen molar-refractivity contribution >= 4 is 11.7 Å². The van der Waals surface area contributed by atoms with Crippen LogP contribution in [-0.4, -0.2) is 12.6 Å². The second kappa shape index (κ2) is 6.73. The molecule has 0 aromatic heterocycles. The van der Waals surface area contributed by atoms with Crippen LogP contribution in [0.1, 0.15) is 50.5 Å². The molecule has 1 aromatic rings. The molecular formula is C16H22FNO2. The molecule has 1 fully saturated rings. The minimum absolute atomic E-state index is 0.152. The quantitative estimate of drug-likeness (QED) is 0.676. The number of benzene rings is 1. The summed E-state index contributed by atoms with van der Waals surface area (Å²) in [6, 6.07) is 5.01. The van der Waals surface area contributed by atoms with Crippen LogP contribution in [0.25, 0.3) is 0 Å². The highest BCUT2D eigenvalue weighted by Crippen LogP contribution is 2.40. The van der Waals surface area contributed by atoms with Gasteiger partial charge in [-0.05, 0) is 49.3 Å². The Morgan fingerprint density at radius 3 is 2.85 bits per heavy atom. The van der Waals surface area contributed by atoms with Crippen LogP contribution in [0.3, 0.4) is 0 Å². The zero-order valence-corrected chi connectivity index (χ0v) is 11.9. The standard InChI is InChI=1S/C16H22FNO2/c1-2-20-16(19)10-11-5-3-4-6-13(11)12-7-8-15(18)14(17)9-12/h7-9,11,13H,2-6,10,18H2,1H3. The van der Waals surface area contributed by atoms with Crippen molar-refractivity contribution in [3.8, 4) is 0 Å². The Labute approximate surface area is 119 Å². The van der Waals surface area contributed by atoms with E-state index >= 15 is 0 Å². The van der Waals surface area contributed by atoms with E-state index in [1.807, 2.05) is 13.0 Å². The molecule has 1 saturated carbocycles. The van der Waals surface area contributed by atoms with Crippen molar-refractivity contribution < 1.29 is 13.9 Å². The summed E-state index contributed by atoms with van der Waals surface area (Å²) in [5.74, 6) is -0.0580. The van der Waals surface area contributed by atoms with E-state index < -0.39 is 0 Å². The maximum Gasteiger partial charge on any atom is 0.306 e. The third-order valence-electron chi connectivity index (χ3n) is 4.10. The number of nitrogen functional groups attached to an aromatic ring is 1. The van der Waals surface area contributed by atoms with Gasteiger partial charge < -0.3 is 10.5 Å². The molecule has 2 N–H and O–H groups in total. The Morgan fingerprint density at radius 1 is 1.40 bits per heavy atom. The molecule has 0 radical (unpaired) electrons. The molecule has 1 aliphatic carbocycles. The van der Waals surface area contributed by atoms with E-state index in [9.17, 15) is 9.18 Å². The molecule has 0 amide bonds. The number of hydrogen-bond donors (Lipinski definition) is 1. The number of anilines is 1. The fourth-order valence-corrected chi connectivity index (χ4v) is 3.10. The number of hydrogen-bond acceptors (Lipinski definition) is 3. The minimum Gasteiger partial charge on any atom is -0.466 e. The summed E-state index contributed by atoms with van der Waals surface area (Å²) in [4.78, 5) is 11.7. The molecule has 110 valence electrons. The Kier molecular flexibility index (Phi) is 4.99. The monoisotopic (exact) mass is 279 g/mol. The molecule has 0 saturated heterocycles. The molecule has 2 unspecified atom stereocenters. The number of carbonyl (C=O) groups excluding carboxylic acids is 1. The Morgan fingerprint density at radius 2 is 2.15 bits per heavy atom. The summed E-state index contributed by atoms with van der Waals surface area (Å²) in [6.07, 6.45) is 4.65. The van der Waals surface area contributed by atoms with Gasteiger partial charge >= 0.3 is 5.97 Å². The molecule has 1 aliphatic rings. The van der Waals surface area contributed by atoms with Gasteiger partial charge in [-0.2, -0.15) is 0 Å². The van der Waals surface area contributed by atoms with E-state index in [4.69, 9.17) is 10.5 Å². The third kappa shape index (κ3) is 3.50. The first-order chi connectivity index (χ1) is 9.61. The van der Waals surface area contributed by atoms with E-state index in [1.165, 1.54) is 6.07 Å². The lowest BCUT2D eigenvalue weighted by molar-refractivity contribution is -0.144. The maximum absolute atomic E-state index is 13.6. The van der Waals surface area contributed by atoms with Crippen LogP contribution in [0.15, 0.2) is 18.2 Å². The van der Waals surface area contributed by atoms with Gasteiger partial charge in [-0.1, -0.05) is 18.9 Å². The lowest BCUT2D eigenvalue weighted by Gasteiger charge is -2.31. The minimum atomic E-state index is -0.372. The van der Waals surface area contributed by atoms with Crippen molar-refractivity contribution in [2.75, 3.05) is 12.3 Å². The van der Waals surface area contributed by atoms with Gasteiger partial charge in [-0.15, -0.1) is 0 Å². The maximum atomic E-state index is 13.6. The zero-order chi connectivity index (χ0) is 14.5. The average Bonchev–Trinajstić information content (AvgIpc) is 2.43. The number of esters is 1. The Balaban J connectivity index is 2.13. The van der Waals surface area contributed by atoms with Crippen molar-refractivity contribution in [3.63, 3.8) is 0 Å². The molecule has 0 aliphatic heterocycles. The lowest BCUT2D eigenvalue weighted by atomic mass is 9.74. The highest BCUT2D eigenvalue weighted by molar-refractivity contribution is 5.69. The lowest BCUT2D eigenvalue weighted by Crippen LogP contribution is -2.22. The molecule has 20 heavy (non-hydrogen) atoms. The van der Waals surface area contributed by atoms with Crippen molar-refractivity contribution in [2.24, 2.45) is 5.92 Å². The SMILES string of the molecule is CCOC(=O)CC1CCCCC1c1ccc(N)c(F)c1. The fraction of sp³-hybridized carbons (Fsp3) is 0.562. The molecule has 3 nitrogen and oxygen atoms in total. The van der Waals surface area contributed by atoms with Crippen LogP contribution < -0.4 is 5.73 Å². The smallest absolute Gasteiger partial charge is 0.306 e. The molecular weight excluding hydrogens is 257 g/mol. The van der Waals surface area contributed by atoms with Crippen molar-refractivity contribution in [3.05, 3.63) is 29.6 Å². The predicted molar refractivity (Wildman–Crippen MR) is 76.8 cm³/mol. The summed E-state index contributed by atoms with van der Waals surface area (Å²) >= 11 is 0. The highest BCUT2D eigenvalue weighted by Gasteiger charge is 2.29. The second-order valence-electron chi connectivity index (χ2n) is 5.44. The first-order valence-electron chi connectivity index (χ1n) is 7.32. The first kappa shape index (κ1) is 14.8. The zero-order valence-electron chi connectivity index (χ0n) is 11.9. The third-order valence-corrected chi connectivity index (χ3v) is 4.10. The van der Waals surface area contributed by atoms with E-state index in [0.717, 1.165) is 31.2 Å². The summed E-state index contributed by atoms with van der Waals surface area (Å²) in [6.45, 7) is 2.22. The summed E-state index contributed by atoms with van der Waals surface area (Å²) in [7, 11) is 0. The number of carbonyl (C=O) groups is 1. The first-order valence-corrected chi connectivity index (χ1v) is 7.32. The Hall–Kier alpha value is -1.58. The normalized spacial score (nSPS) is 22.5. The van der Waals surface area contributed by atoms with Crippen LogP contribution in [0.5, 0.6) is 0 Å². The number of halogens is 1. The van der Waals surface area contributed by atoms with Gasteiger partial charge in [0, 0.05) is 6.42 Å². The summed E-state index contributed by atoms with van der Waals surface area (Å²) < 4.78 is 18.7. The topological polar surface area (TPSA) is 52.3 Å². The summed E-state index contributed by atoms with van der Waals surface area (Å²) in [5, 5.41) is 0. The van der Waals surface area contributed by atoms with Gasteiger partial charge in [0.2, 0.25) is 0 Å². The molecule has 0 heterocycles. The summed E-state index contributed by atoms with van der Waals surface area (Å²) in [5.41, 5.74) is 6.65. The van der Waals surface area contributed by atoms with Gasteiger partial charge in [-0.25, -0.2) is 4.39 Å². The van der Waals surface area contributed by atoms with Crippen molar-refractivity contribution in [2.45, 2.75) is 44.9 Å². The number of ether oxygens (including phenoxy) is 1.